The van der Waals surface area contributed by atoms with Gasteiger partial charge in [0.25, 0.3) is 0 Å². The summed E-state index contributed by atoms with van der Waals surface area (Å²) in [5.74, 6) is -2.27. The number of halogens is 3. The molecule has 6 heteroatoms. The quantitative estimate of drug-likeness (QED) is 0.780. The zero-order valence-electron chi connectivity index (χ0n) is 10.3. The Labute approximate surface area is 107 Å². The van der Waals surface area contributed by atoms with Gasteiger partial charge in [-0.05, 0) is 32.9 Å². The van der Waals surface area contributed by atoms with Crippen LogP contribution < -0.4 is 0 Å². The molecule has 0 aromatic heterocycles. The van der Waals surface area contributed by atoms with E-state index in [1.165, 1.54) is 12.1 Å². The van der Waals surface area contributed by atoms with Gasteiger partial charge in [-0.3, -0.25) is 0 Å². The highest BCUT2D eigenvalue weighted by Gasteiger charge is 2.21. The molecule has 0 amide bonds. The van der Waals surface area contributed by atoms with E-state index in [2.05, 4.69) is 4.40 Å². The number of hydrogen-bond donors (Lipinski definition) is 0. The van der Waals surface area contributed by atoms with Crippen LogP contribution in [0.2, 0.25) is 0 Å². The van der Waals surface area contributed by atoms with Crippen LogP contribution in [0.4, 0.5) is 13.2 Å². The van der Waals surface area contributed by atoms with Crippen molar-refractivity contribution in [3.63, 3.8) is 0 Å². The van der Waals surface area contributed by atoms with Gasteiger partial charge in [0.15, 0.2) is 11.6 Å². The van der Waals surface area contributed by atoms with Crippen molar-refractivity contribution >= 4 is 16.7 Å². The average Bonchev–Trinajstić information content (AvgIpc) is 2.28. The third-order valence-corrected chi connectivity index (χ3v) is 3.54. The molecule has 2 nitrogen and oxygen atoms in total. The lowest BCUT2D eigenvalue weighted by Gasteiger charge is -2.14. The molecule has 0 radical (unpaired) electrons. The molecule has 0 spiro atoms. The first-order valence-corrected chi connectivity index (χ1v) is 6.38. The maximum atomic E-state index is 13.5. The van der Waals surface area contributed by atoms with Gasteiger partial charge in [0.1, 0.15) is 17.7 Å². The second-order valence-corrected chi connectivity index (χ2v) is 6.54. The Morgan fingerprint density at radius 3 is 2.44 bits per heavy atom. The molecular formula is C12H14F3NOS. The summed E-state index contributed by atoms with van der Waals surface area (Å²) in [6, 6.07) is 3.38. The summed E-state index contributed by atoms with van der Waals surface area (Å²) >= 11 is 0. The number of nitrogens with zero attached hydrogens (tertiary/aromatic N) is 1. The van der Waals surface area contributed by atoms with Gasteiger partial charge in [-0.1, -0.05) is 6.07 Å². The van der Waals surface area contributed by atoms with Crippen LogP contribution in [0, 0.1) is 11.6 Å². The topological polar surface area (TPSA) is 29.4 Å². The third-order valence-electron chi connectivity index (χ3n) is 2.11. The fraction of sp³-hybridized carbons (Fsp3) is 0.417. The van der Waals surface area contributed by atoms with E-state index in [4.69, 9.17) is 0 Å². The first-order chi connectivity index (χ1) is 8.27. The zero-order chi connectivity index (χ0) is 13.9. The van der Waals surface area contributed by atoms with Crippen LogP contribution >= 0.6 is 0 Å². The van der Waals surface area contributed by atoms with Crippen LogP contribution in [0.3, 0.4) is 0 Å². The lowest BCUT2D eigenvalue weighted by Crippen LogP contribution is -2.22. The molecule has 0 saturated carbocycles. The van der Waals surface area contributed by atoms with Crippen molar-refractivity contribution in [2.45, 2.75) is 25.5 Å². The average molecular weight is 277 g/mol. The fourth-order valence-corrected chi connectivity index (χ4v) is 1.73. The van der Waals surface area contributed by atoms with Crippen LogP contribution in [0.5, 0.6) is 0 Å². The molecule has 0 heterocycles. The standard InChI is InChI=1S/C12H14F3NOS/c1-12(2,3)18(17)16-10(7-13)8-5-4-6-9(14)11(8)15/h4-6H,7H2,1-3H3/b16-10-/t18-/m1/s1. The molecule has 0 aliphatic carbocycles. The molecule has 0 unspecified atom stereocenters. The van der Waals surface area contributed by atoms with Crippen LogP contribution in [0.15, 0.2) is 22.6 Å². The molecule has 0 N–H and O–H groups in total. The predicted molar refractivity (Wildman–Crippen MR) is 66.8 cm³/mol. The van der Waals surface area contributed by atoms with Crippen molar-refractivity contribution in [1.29, 1.82) is 0 Å². The van der Waals surface area contributed by atoms with E-state index < -0.39 is 34.0 Å². The molecule has 18 heavy (non-hydrogen) atoms. The van der Waals surface area contributed by atoms with Gasteiger partial charge >= 0.3 is 0 Å². The van der Waals surface area contributed by atoms with Crippen LogP contribution in [0.1, 0.15) is 26.3 Å². The highest BCUT2D eigenvalue weighted by atomic mass is 32.2. The molecule has 1 atom stereocenters. The Balaban J connectivity index is 3.23. The van der Waals surface area contributed by atoms with E-state index >= 15 is 0 Å². The Hall–Kier alpha value is -1.17. The van der Waals surface area contributed by atoms with Crippen LogP contribution in [-0.4, -0.2) is 21.3 Å². The second-order valence-electron chi connectivity index (χ2n) is 4.63. The van der Waals surface area contributed by atoms with Crippen molar-refractivity contribution in [1.82, 2.24) is 0 Å². The predicted octanol–water partition coefficient (Wildman–Crippen LogP) is 3.19. The highest BCUT2D eigenvalue weighted by molar-refractivity contribution is 7.85. The largest absolute Gasteiger partial charge is 0.244 e. The Morgan fingerprint density at radius 1 is 1.33 bits per heavy atom. The van der Waals surface area contributed by atoms with E-state index in [1.807, 2.05) is 0 Å². The highest BCUT2D eigenvalue weighted by Crippen LogP contribution is 2.17. The second kappa shape index (κ2) is 5.65. The molecule has 1 rings (SSSR count). The van der Waals surface area contributed by atoms with Crippen molar-refractivity contribution in [3.05, 3.63) is 35.4 Å². The molecule has 1 aromatic rings. The summed E-state index contributed by atoms with van der Waals surface area (Å²) in [6.45, 7) is 3.86. The number of benzene rings is 1. The summed E-state index contributed by atoms with van der Waals surface area (Å²) in [5, 5.41) is 0. The van der Waals surface area contributed by atoms with Crippen molar-refractivity contribution < 1.29 is 17.4 Å². The Bertz CT molecular complexity index is 495. The SMILES string of the molecule is CC(C)(C)[S@@](=O)/N=C(/CF)c1cccc(F)c1F. The third kappa shape index (κ3) is 3.41. The van der Waals surface area contributed by atoms with E-state index in [9.17, 15) is 17.4 Å². The molecule has 0 bridgehead atoms. The van der Waals surface area contributed by atoms with Gasteiger partial charge in [-0.15, -0.1) is 0 Å². The molecular weight excluding hydrogens is 263 g/mol. The van der Waals surface area contributed by atoms with Crippen molar-refractivity contribution in [3.8, 4) is 0 Å². The fourth-order valence-electron chi connectivity index (χ4n) is 1.11. The number of hydrogen-bond acceptors (Lipinski definition) is 1. The van der Waals surface area contributed by atoms with Crippen LogP contribution in [0.25, 0.3) is 0 Å². The Kier molecular flexibility index (Phi) is 4.67. The molecule has 0 aliphatic heterocycles. The lowest BCUT2D eigenvalue weighted by molar-refractivity contribution is 0.505. The summed E-state index contributed by atoms with van der Waals surface area (Å²) < 4.78 is 54.0. The van der Waals surface area contributed by atoms with E-state index in [-0.39, 0.29) is 11.3 Å². The van der Waals surface area contributed by atoms with Gasteiger partial charge < -0.3 is 0 Å². The van der Waals surface area contributed by atoms with E-state index in [0.717, 1.165) is 6.07 Å². The summed E-state index contributed by atoms with van der Waals surface area (Å²) in [6.07, 6.45) is 0. The molecule has 1 aromatic carbocycles. The normalized spacial score (nSPS) is 14.7. The van der Waals surface area contributed by atoms with Gasteiger partial charge in [0.2, 0.25) is 0 Å². The molecule has 0 saturated heterocycles. The van der Waals surface area contributed by atoms with E-state index in [1.54, 1.807) is 20.8 Å². The Morgan fingerprint density at radius 2 is 1.94 bits per heavy atom. The monoisotopic (exact) mass is 277 g/mol. The number of rotatable bonds is 3. The number of alkyl halides is 1. The van der Waals surface area contributed by atoms with Crippen molar-refractivity contribution in [2.75, 3.05) is 6.67 Å². The minimum Gasteiger partial charge on any atom is -0.244 e. The van der Waals surface area contributed by atoms with Gasteiger partial charge in [0, 0.05) is 5.56 Å². The maximum Gasteiger partial charge on any atom is 0.167 e. The minimum atomic E-state index is -1.72. The van der Waals surface area contributed by atoms with Crippen LogP contribution in [-0.2, 0) is 11.0 Å². The smallest absolute Gasteiger partial charge is 0.167 e. The zero-order valence-corrected chi connectivity index (χ0v) is 11.2. The summed E-state index contributed by atoms with van der Waals surface area (Å²) in [7, 11) is -1.72. The molecule has 0 aliphatic rings. The minimum absolute atomic E-state index is 0.296. The van der Waals surface area contributed by atoms with Gasteiger partial charge in [-0.25, -0.2) is 17.4 Å². The maximum absolute atomic E-state index is 13.5. The van der Waals surface area contributed by atoms with Crippen molar-refractivity contribution in [2.24, 2.45) is 4.40 Å². The first kappa shape index (κ1) is 14.9. The lowest BCUT2D eigenvalue weighted by atomic mass is 10.1. The van der Waals surface area contributed by atoms with Gasteiger partial charge in [-0.2, -0.15) is 4.40 Å². The molecule has 100 valence electrons. The van der Waals surface area contributed by atoms with Gasteiger partial charge in [0.05, 0.1) is 10.5 Å². The van der Waals surface area contributed by atoms with E-state index in [0.29, 0.717) is 0 Å². The summed E-state index contributed by atoms with van der Waals surface area (Å²) in [4.78, 5) is 0. The molecule has 0 fully saturated rings. The summed E-state index contributed by atoms with van der Waals surface area (Å²) in [5.41, 5.74) is -0.643. The first-order valence-electron chi connectivity index (χ1n) is 5.27.